The third kappa shape index (κ3) is 4.51. The Balaban J connectivity index is 1.75. The van der Waals surface area contributed by atoms with Crippen LogP contribution in [0.4, 0.5) is 4.79 Å². The molecule has 20 heavy (non-hydrogen) atoms. The number of benzene rings is 1. The lowest BCUT2D eigenvalue weighted by molar-refractivity contribution is -0.119. The SMILES string of the molecule is CC(NCC(=O)NC(=O)NC1CC1)c1ccccc1Cl. The number of hydrogen-bond acceptors (Lipinski definition) is 3. The fourth-order valence-corrected chi connectivity index (χ4v) is 2.10. The zero-order chi connectivity index (χ0) is 14.5. The Hall–Kier alpha value is -1.59. The van der Waals surface area contributed by atoms with E-state index >= 15 is 0 Å². The molecule has 2 rings (SSSR count). The minimum absolute atomic E-state index is 0.0600. The monoisotopic (exact) mass is 295 g/mol. The Kier molecular flexibility index (Phi) is 4.98. The number of amides is 3. The second-order valence-electron chi connectivity index (χ2n) is 4.92. The van der Waals surface area contributed by atoms with Crippen molar-refractivity contribution in [1.82, 2.24) is 16.0 Å². The fraction of sp³-hybridized carbons (Fsp3) is 0.429. The van der Waals surface area contributed by atoms with E-state index in [1.165, 1.54) is 0 Å². The van der Waals surface area contributed by atoms with Crippen LogP contribution in [0, 0.1) is 0 Å². The highest BCUT2D eigenvalue weighted by Crippen LogP contribution is 2.21. The summed E-state index contributed by atoms with van der Waals surface area (Å²) in [5, 5.41) is 8.67. The first-order valence-corrected chi connectivity index (χ1v) is 7.02. The normalized spacial score (nSPS) is 15.5. The van der Waals surface area contributed by atoms with Gasteiger partial charge < -0.3 is 10.6 Å². The second-order valence-corrected chi connectivity index (χ2v) is 5.33. The fourth-order valence-electron chi connectivity index (χ4n) is 1.80. The molecule has 0 aliphatic heterocycles. The van der Waals surface area contributed by atoms with Gasteiger partial charge in [0.15, 0.2) is 0 Å². The number of urea groups is 1. The van der Waals surface area contributed by atoms with Crippen LogP contribution in [0.25, 0.3) is 0 Å². The van der Waals surface area contributed by atoms with E-state index in [0.717, 1.165) is 18.4 Å². The minimum Gasteiger partial charge on any atom is -0.335 e. The van der Waals surface area contributed by atoms with Crippen molar-refractivity contribution in [2.75, 3.05) is 6.54 Å². The van der Waals surface area contributed by atoms with Gasteiger partial charge in [-0.2, -0.15) is 0 Å². The summed E-state index contributed by atoms with van der Waals surface area (Å²) in [6, 6.07) is 7.19. The highest BCUT2D eigenvalue weighted by Gasteiger charge is 2.23. The average molecular weight is 296 g/mol. The van der Waals surface area contributed by atoms with Crippen LogP contribution in [0.2, 0.25) is 5.02 Å². The van der Waals surface area contributed by atoms with E-state index in [4.69, 9.17) is 11.6 Å². The lowest BCUT2D eigenvalue weighted by atomic mass is 10.1. The number of imide groups is 1. The predicted molar refractivity (Wildman–Crippen MR) is 77.6 cm³/mol. The molecule has 3 amide bonds. The summed E-state index contributed by atoms with van der Waals surface area (Å²) < 4.78 is 0. The van der Waals surface area contributed by atoms with Gasteiger partial charge >= 0.3 is 6.03 Å². The number of carbonyl (C=O) groups excluding carboxylic acids is 2. The van der Waals surface area contributed by atoms with Gasteiger partial charge in [0, 0.05) is 17.1 Å². The van der Waals surface area contributed by atoms with Crippen LogP contribution in [-0.2, 0) is 4.79 Å². The standard InChI is InChI=1S/C14H18ClN3O2/c1-9(11-4-2-3-5-12(11)15)16-8-13(19)18-14(20)17-10-6-7-10/h2-5,9-10,16H,6-8H2,1H3,(H2,17,18,19,20). The molecule has 0 heterocycles. The molecule has 108 valence electrons. The van der Waals surface area contributed by atoms with Gasteiger partial charge in [-0.3, -0.25) is 10.1 Å². The molecule has 1 aliphatic rings. The van der Waals surface area contributed by atoms with Crippen molar-refractivity contribution in [2.45, 2.75) is 31.8 Å². The first kappa shape index (κ1) is 14.8. The predicted octanol–water partition coefficient (Wildman–Crippen LogP) is 1.98. The van der Waals surface area contributed by atoms with Gasteiger partial charge in [-0.1, -0.05) is 29.8 Å². The molecule has 0 aromatic heterocycles. The van der Waals surface area contributed by atoms with Gasteiger partial charge in [0.25, 0.3) is 0 Å². The second kappa shape index (κ2) is 6.72. The lowest BCUT2D eigenvalue weighted by Gasteiger charge is -2.15. The molecule has 1 aliphatic carbocycles. The summed E-state index contributed by atoms with van der Waals surface area (Å²) in [4.78, 5) is 23.0. The van der Waals surface area contributed by atoms with E-state index in [1.807, 2.05) is 25.1 Å². The molecular weight excluding hydrogens is 278 g/mol. The number of rotatable bonds is 5. The van der Waals surface area contributed by atoms with E-state index in [-0.39, 0.29) is 24.5 Å². The maximum absolute atomic E-state index is 11.6. The van der Waals surface area contributed by atoms with Crippen molar-refractivity contribution in [3.05, 3.63) is 34.9 Å². The highest BCUT2D eigenvalue weighted by atomic mass is 35.5. The Morgan fingerprint density at radius 1 is 1.35 bits per heavy atom. The number of halogens is 1. The molecule has 1 aromatic rings. The van der Waals surface area contributed by atoms with E-state index in [9.17, 15) is 9.59 Å². The van der Waals surface area contributed by atoms with Gasteiger partial charge in [0.05, 0.1) is 6.54 Å². The molecule has 1 unspecified atom stereocenters. The largest absolute Gasteiger partial charge is 0.335 e. The summed E-state index contributed by atoms with van der Waals surface area (Å²) in [7, 11) is 0. The van der Waals surface area contributed by atoms with Crippen molar-refractivity contribution in [1.29, 1.82) is 0 Å². The zero-order valence-corrected chi connectivity index (χ0v) is 12.0. The Morgan fingerprint density at radius 3 is 2.70 bits per heavy atom. The lowest BCUT2D eigenvalue weighted by Crippen LogP contribution is -2.44. The molecule has 1 atom stereocenters. The van der Waals surface area contributed by atoms with Crippen LogP contribution < -0.4 is 16.0 Å². The molecule has 1 fully saturated rings. The van der Waals surface area contributed by atoms with Crippen LogP contribution >= 0.6 is 11.6 Å². The van der Waals surface area contributed by atoms with Crippen molar-refractivity contribution >= 4 is 23.5 Å². The van der Waals surface area contributed by atoms with Gasteiger partial charge in [-0.25, -0.2) is 4.79 Å². The van der Waals surface area contributed by atoms with Crippen molar-refractivity contribution in [3.8, 4) is 0 Å². The van der Waals surface area contributed by atoms with Crippen LogP contribution in [-0.4, -0.2) is 24.5 Å². The topological polar surface area (TPSA) is 70.2 Å². The number of carbonyl (C=O) groups is 2. The smallest absolute Gasteiger partial charge is 0.321 e. The third-order valence-corrected chi connectivity index (χ3v) is 3.45. The molecular formula is C14H18ClN3O2. The Bertz CT molecular complexity index is 503. The zero-order valence-electron chi connectivity index (χ0n) is 11.3. The summed E-state index contributed by atoms with van der Waals surface area (Å²) in [5.41, 5.74) is 0.921. The Morgan fingerprint density at radius 2 is 2.05 bits per heavy atom. The quantitative estimate of drug-likeness (QED) is 0.778. The molecule has 0 saturated heterocycles. The van der Waals surface area contributed by atoms with Crippen LogP contribution in [0.5, 0.6) is 0 Å². The minimum atomic E-state index is -0.426. The first-order chi connectivity index (χ1) is 9.56. The van der Waals surface area contributed by atoms with E-state index in [2.05, 4.69) is 16.0 Å². The average Bonchev–Trinajstić information content (AvgIpc) is 3.20. The number of nitrogens with one attached hydrogen (secondary N) is 3. The van der Waals surface area contributed by atoms with Crippen LogP contribution in [0.1, 0.15) is 31.4 Å². The third-order valence-electron chi connectivity index (χ3n) is 3.11. The summed E-state index contributed by atoms with van der Waals surface area (Å²) in [6.45, 7) is 1.98. The van der Waals surface area contributed by atoms with Crippen molar-refractivity contribution in [3.63, 3.8) is 0 Å². The molecule has 0 spiro atoms. The first-order valence-electron chi connectivity index (χ1n) is 6.64. The Labute approximate surface area is 123 Å². The van der Waals surface area contributed by atoms with E-state index in [0.29, 0.717) is 5.02 Å². The molecule has 1 aromatic carbocycles. The van der Waals surface area contributed by atoms with Crippen molar-refractivity contribution < 1.29 is 9.59 Å². The summed E-state index contributed by atoms with van der Waals surface area (Å²) in [6.07, 6.45) is 1.98. The van der Waals surface area contributed by atoms with Crippen molar-refractivity contribution in [2.24, 2.45) is 0 Å². The summed E-state index contributed by atoms with van der Waals surface area (Å²) >= 11 is 6.08. The molecule has 0 bridgehead atoms. The molecule has 1 saturated carbocycles. The molecule has 5 nitrogen and oxygen atoms in total. The summed E-state index contributed by atoms with van der Waals surface area (Å²) in [5.74, 6) is -0.359. The molecule has 3 N–H and O–H groups in total. The van der Waals surface area contributed by atoms with Gasteiger partial charge in [0.1, 0.15) is 0 Å². The highest BCUT2D eigenvalue weighted by molar-refractivity contribution is 6.31. The van der Waals surface area contributed by atoms with Gasteiger partial charge in [0.2, 0.25) is 5.91 Å². The van der Waals surface area contributed by atoms with Crippen LogP contribution in [0.15, 0.2) is 24.3 Å². The maximum Gasteiger partial charge on any atom is 0.321 e. The van der Waals surface area contributed by atoms with Crippen LogP contribution in [0.3, 0.4) is 0 Å². The van der Waals surface area contributed by atoms with E-state index in [1.54, 1.807) is 6.07 Å². The van der Waals surface area contributed by atoms with Gasteiger partial charge in [-0.15, -0.1) is 0 Å². The maximum atomic E-state index is 11.6. The van der Waals surface area contributed by atoms with E-state index < -0.39 is 6.03 Å². The molecule has 0 radical (unpaired) electrons. The molecule has 6 heteroatoms. The van der Waals surface area contributed by atoms with Gasteiger partial charge in [-0.05, 0) is 31.4 Å². The number of hydrogen-bond donors (Lipinski definition) is 3.